The Kier molecular flexibility index (Phi) is 2.80. The number of ether oxygens (including phenoxy) is 3. The number of phenolic OH excluding ortho intramolecular Hbond substituents is 1. The summed E-state index contributed by atoms with van der Waals surface area (Å²) in [5, 5.41) is 20.6. The molecule has 0 aliphatic carbocycles. The number of nitriles is 1. The third kappa shape index (κ3) is 1.99. The fourth-order valence-corrected chi connectivity index (χ4v) is 3.54. The lowest BCUT2D eigenvalue weighted by atomic mass is 9.95. The summed E-state index contributed by atoms with van der Waals surface area (Å²) in [5.74, 6) is 1.69. The maximum atomic E-state index is 10.4. The molecule has 0 unspecified atom stereocenters. The van der Waals surface area contributed by atoms with Crippen molar-refractivity contribution < 1.29 is 23.9 Å². The van der Waals surface area contributed by atoms with Crippen LogP contribution < -0.4 is 18.8 Å². The summed E-state index contributed by atoms with van der Waals surface area (Å²) in [5.41, 5.74) is 3.38. The van der Waals surface area contributed by atoms with Gasteiger partial charge in [-0.25, -0.2) is 0 Å². The van der Waals surface area contributed by atoms with E-state index in [2.05, 4.69) is 4.57 Å². The van der Waals surface area contributed by atoms with Crippen molar-refractivity contribution >= 4 is 10.8 Å². The van der Waals surface area contributed by atoms with Crippen molar-refractivity contribution in [2.24, 2.45) is 0 Å². The van der Waals surface area contributed by atoms with E-state index in [0.29, 0.717) is 5.39 Å². The molecule has 1 aromatic heterocycles. The molecule has 6 nitrogen and oxygen atoms in total. The summed E-state index contributed by atoms with van der Waals surface area (Å²) in [6.07, 6.45) is 4.36. The first-order chi connectivity index (χ1) is 12.2. The van der Waals surface area contributed by atoms with Gasteiger partial charge < -0.3 is 19.3 Å². The lowest BCUT2D eigenvalue weighted by Crippen LogP contribution is -2.39. The molecule has 0 saturated heterocycles. The third-order valence-corrected chi connectivity index (χ3v) is 4.75. The Morgan fingerprint density at radius 3 is 2.84 bits per heavy atom. The molecule has 0 spiro atoms. The van der Waals surface area contributed by atoms with Gasteiger partial charge in [0.05, 0.1) is 10.9 Å². The van der Waals surface area contributed by atoms with Crippen LogP contribution in [0.15, 0.2) is 36.5 Å². The molecule has 1 N–H and O–H groups in total. The van der Waals surface area contributed by atoms with E-state index in [1.807, 2.05) is 30.5 Å². The van der Waals surface area contributed by atoms with Gasteiger partial charge in [-0.15, -0.1) is 5.26 Å². The Balaban J connectivity index is 1.73. The van der Waals surface area contributed by atoms with E-state index in [-0.39, 0.29) is 18.3 Å². The predicted molar refractivity (Wildman–Crippen MR) is 87.3 cm³/mol. The topological polar surface area (TPSA) is 75.6 Å². The summed E-state index contributed by atoms with van der Waals surface area (Å²) in [4.78, 5) is 0. The van der Waals surface area contributed by atoms with Crippen LogP contribution in [0, 0.1) is 11.5 Å². The molecule has 5 rings (SSSR count). The van der Waals surface area contributed by atoms with Gasteiger partial charge in [0.15, 0.2) is 35.7 Å². The number of nitrogens with zero attached hydrogens (tertiary/aromatic N) is 2. The Morgan fingerprint density at radius 1 is 1.16 bits per heavy atom. The van der Waals surface area contributed by atoms with Crippen LogP contribution in [0.3, 0.4) is 0 Å². The van der Waals surface area contributed by atoms with Crippen molar-refractivity contribution in [3.05, 3.63) is 42.1 Å². The van der Waals surface area contributed by atoms with Crippen molar-refractivity contribution in [1.29, 1.82) is 5.26 Å². The van der Waals surface area contributed by atoms with Crippen LogP contribution in [-0.4, -0.2) is 11.9 Å². The predicted octanol–water partition coefficient (Wildman–Crippen LogP) is 2.64. The summed E-state index contributed by atoms with van der Waals surface area (Å²) in [6, 6.07) is 9.53. The van der Waals surface area contributed by atoms with Crippen LogP contribution in [0.2, 0.25) is 0 Å². The standard InChI is InChI=1S/C19H12N2O4/c20-9-23-16-2-1-11-5-15-13-7-18-17(24-10-25-18)6-12(13)3-4-21(15)8-14(11)19(16)22/h1-2,5-8H,3-4,10H2/p+1. The number of aromatic nitrogens is 1. The van der Waals surface area contributed by atoms with E-state index in [9.17, 15) is 5.11 Å². The van der Waals surface area contributed by atoms with Crippen LogP contribution in [0.1, 0.15) is 5.56 Å². The average Bonchev–Trinajstić information content (AvgIpc) is 3.09. The molecule has 0 saturated carbocycles. The van der Waals surface area contributed by atoms with E-state index >= 15 is 0 Å². The minimum Gasteiger partial charge on any atom is -0.504 e. The quantitative estimate of drug-likeness (QED) is 0.547. The molecule has 0 radical (unpaired) electrons. The number of rotatable bonds is 1. The van der Waals surface area contributed by atoms with Gasteiger partial charge >= 0.3 is 0 Å². The summed E-state index contributed by atoms with van der Waals surface area (Å²) < 4.78 is 17.9. The van der Waals surface area contributed by atoms with E-state index in [1.165, 1.54) is 5.56 Å². The lowest BCUT2D eigenvalue weighted by molar-refractivity contribution is -0.686. The second kappa shape index (κ2) is 5.02. The monoisotopic (exact) mass is 333 g/mol. The minimum atomic E-state index is -0.0224. The summed E-state index contributed by atoms with van der Waals surface area (Å²) in [7, 11) is 0. The van der Waals surface area contributed by atoms with Gasteiger partial charge in [-0.2, -0.15) is 4.57 Å². The summed E-state index contributed by atoms with van der Waals surface area (Å²) in [6.45, 7) is 1.05. The first kappa shape index (κ1) is 13.9. The molecule has 2 aliphatic heterocycles. The van der Waals surface area contributed by atoms with Gasteiger partial charge in [0, 0.05) is 12.5 Å². The van der Waals surface area contributed by atoms with Gasteiger partial charge in [-0.05, 0) is 35.2 Å². The van der Waals surface area contributed by atoms with E-state index in [0.717, 1.165) is 41.1 Å². The smallest absolute Gasteiger partial charge is 0.292 e. The average molecular weight is 333 g/mol. The molecular formula is C19H13N2O4+. The zero-order valence-electron chi connectivity index (χ0n) is 13.2. The highest BCUT2D eigenvalue weighted by Gasteiger charge is 2.28. The third-order valence-electron chi connectivity index (χ3n) is 4.75. The van der Waals surface area contributed by atoms with Gasteiger partial charge in [0.2, 0.25) is 12.5 Å². The molecule has 0 atom stereocenters. The zero-order chi connectivity index (χ0) is 17.0. The molecule has 6 heteroatoms. The molecule has 0 bridgehead atoms. The molecule has 0 amide bonds. The Hall–Kier alpha value is -3.46. The zero-order valence-corrected chi connectivity index (χ0v) is 13.2. The molecular weight excluding hydrogens is 320 g/mol. The first-order valence-corrected chi connectivity index (χ1v) is 7.92. The lowest BCUT2D eigenvalue weighted by Gasteiger charge is -2.16. The molecule has 25 heavy (non-hydrogen) atoms. The van der Waals surface area contributed by atoms with Crippen molar-refractivity contribution in [2.75, 3.05) is 6.79 Å². The van der Waals surface area contributed by atoms with Gasteiger partial charge in [-0.3, -0.25) is 0 Å². The number of pyridine rings is 1. The van der Waals surface area contributed by atoms with Crippen LogP contribution in [0.4, 0.5) is 0 Å². The van der Waals surface area contributed by atoms with Crippen LogP contribution in [-0.2, 0) is 13.0 Å². The number of phenols is 1. The van der Waals surface area contributed by atoms with Gasteiger partial charge in [-0.1, -0.05) is 0 Å². The van der Waals surface area contributed by atoms with Gasteiger partial charge in [0.1, 0.15) is 0 Å². The Bertz CT molecular complexity index is 1090. The number of fused-ring (bicyclic) bond motifs is 5. The fraction of sp³-hybridized carbons (Fsp3) is 0.158. The van der Waals surface area contributed by atoms with Crippen LogP contribution >= 0.6 is 0 Å². The number of hydrogen-bond donors (Lipinski definition) is 1. The summed E-state index contributed by atoms with van der Waals surface area (Å²) >= 11 is 0. The largest absolute Gasteiger partial charge is 0.504 e. The molecule has 3 heterocycles. The van der Waals surface area contributed by atoms with E-state index in [4.69, 9.17) is 19.5 Å². The number of aryl methyl sites for hydroxylation is 2. The molecule has 2 aromatic carbocycles. The second-order valence-electron chi connectivity index (χ2n) is 6.07. The van der Waals surface area contributed by atoms with Crippen molar-refractivity contribution in [3.8, 4) is 40.5 Å². The number of benzene rings is 2. The van der Waals surface area contributed by atoms with Crippen molar-refractivity contribution in [1.82, 2.24) is 0 Å². The second-order valence-corrected chi connectivity index (χ2v) is 6.07. The number of hydrogen-bond acceptors (Lipinski definition) is 5. The first-order valence-electron chi connectivity index (χ1n) is 7.92. The van der Waals surface area contributed by atoms with Crippen LogP contribution in [0.25, 0.3) is 22.0 Å². The Labute approximate surface area is 143 Å². The SMILES string of the molecule is N#COc1ccc2cc3[n+](cc2c1O)CCc1cc2c(cc1-3)OCO2. The highest BCUT2D eigenvalue weighted by Crippen LogP contribution is 2.41. The maximum Gasteiger partial charge on any atom is 0.292 e. The minimum absolute atomic E-state index is 0.0224. The van der Waals surface area contributed by atoms with Crippen molar-refractivity contribution in [3.63, 3.8) is 0 Å². The molecule has 2 aliphatic rings. The normalized spacial score (nSPS) is 13.9. The number of aromatic hydroxyl groups is 1. The van der Waals surface area contributed by atoms with E-state index < -0.39 is 0 Å². The molecule has 0 fully saturated rings. The van der Waals surface area contributed by atoms with Crippen molar-refractivity contribution in [2.45, 2.75) is 13.0 Å². The Morgan fingerprint density at radius 2 is 2.00 bits per heavy atom. The highest BCUT2D eigenvalue weighted by molar-refractivity contribution is 5.91. The van der Waals surface area contributed by atoms with Crippen LogP contribution in [0.5, 0.6) is 23.0 Å². The highest BCUT2D eigenvalue weighted by atomic mass is 16.7. The molecule has 3 aromatic rings. The maximum absolute atomic E-state index is 10.4. The van der Waals surface area contributed by atoms with E-state index in [1.54, 1.807) is 12.3 Å². The van der Waals surface area contributed by atoms with Gasteiger partial charge in [0.25, 0.3) is 6.26 Å². The molecule has 122 valence electrons. The fourth-order valence-electron chi connectivity index (χ4n) is 3.54.